The van der Waals surface area contributed by atoms with E-state index in [1.165, 1.54) is 7.05 Å². The molecule has 0 radical (unpaired) electrons. The molecule has 0 aromatic heterocycles. The molecule has 0 aliphatic carbocycles. The highest BCUT2D eigenvalue weighted by atomic mass is 16.4. The predicted molar refractivity (Wildman–Crippen MR) is 98.2 cm³/mol. The van der Waals surface area contributed by atoms with E-state index in [9.17, 15) is 19.5 Å². The Kier molecular flexibility index (Phi) is 9.32. The summed E-state index contributed by atoms with van der Waals surface area (Å²) >= 11 is 0. The third-order valence-corrected chi connectivity index (χ3v) is 4.14. The van der Waals surface area contributed by atoms with Gasteiger partial charge in [0.25, 0.3) is 0 Å². The van der Waals surface area contributed by atoms with Crippen molar-refractivity contribution in [2.75, 3.05) is 20.1 Å². The molecule has 1 rings (SSSR count). The Labute approximate surface area is 153 Å². The number of rotatable bonds is 11. The Morgan fingerprint density at radius 3 is 2.42 bits per heavy atom. The molecular formula is C18H28N4O4. The van der Waals surface area contributed by atoms with Crippen LogP contribution in [0.25, 0.3) is 0 Å². The minimum atomic E-state index is -1.10. The van der Waals surface area contributed by atoms with Crippen LogP contribution in [0, 0.1) is 0 Å². The number of unbranched alkanes of at least 4 members (excludes halogenated alkanes) is 1. The van der Waals surface area contributed by atoms with Crippen LogP contribution in [-0.2, 0) is 20.8 Å². The molecule has 0 aliphatic rings. The largest absolute Gasteiger partial charge is 0.480 e. The Balaban J connectivity index is 2.55. The maximum Gasteiger partial charge on any atom is 0.326 e. The normalized spacial score (nSPS) is 12.9. The lowest BCUT2D eigenvalue weighted by Crippen LogP contribution is -2.49. The van der Waals surface area contributed by atoms with Gasteiger partial charge in [0, 0.05) is 13.5 Å². The summed E-state index contributed by atoms with van der Waals surface area (Å²) in [5, 5.41) is 11.9. The third-order valence-electron chi connectivity index (χ3n) is 4.14. The highest BCUT2D eigenvalue weighted by Crippen LogP contribution is 2.08. The third kappa shape index (κ3) is 7.20. The maximum atomic E-state index is 12.3. The van der Waals surface area contributed by atoms with Crippen LogP contribution in [0.2, 0.25) is 0 Å². The minimum Gasteiger partial charge on any atom is -0.480 e. The number of carbonyl (C=O) groups excluding carboxylic acids is 2. The van der Waals surface area contributed by atoms with E-state index in [0.29, 0.717) is 13.0 Å². The number of carboxylic acids is 1. The zero-order chi connectivity index (χ0) is 19.5. The molecule has 1 aromatic carbocycles. The first-order valence-corrected chi connectivity index (χ1v) is 8.62. The quantitative estimate of drug-likeness (QED) is 0.398. The number of amides is 2. The van der Waals surface area contributed by atoms with E-state index in [-0.39, 0.29) is 13.0 Å². The van der Waals surface area contributed by atoms with Gasteiger partial charge in [0.05, 0.1) is 12.6 Å². The highest BCUT2D eigenvalue weighted by molar-refractivity contribution is 5.89. The summed E-state index contributed by atoms with van der Waals surface area (Å²) in [6, 6.07) is 7.33. The first kappa shape index (κ1) is 21.6. The van der Waals surface area contributed by atoms with E-state index >= 15 is 0 Å². The number of nitrogens with two attached hydrogens (primary N) is 2. The first-order chi connectivity index (χ1) is 12.4. The average molecular weight is 364 g/mol. The van der Waals surface area contributed by atoms with Gasteiger partial charge in [-0.25, -0.2) is 4.79 Å². The van der Waals surface area contributed by atoms with Crippen molar-refractivity contribution in [3.05, 3.63) is 35.9 Å². The molecule has 1 aromatic rings. The van der Waals surface area contributed by atoms with Crippen molar-refractivity contribution in [3.8, 4) is 0 Å². The Hall–Kier alpha value is -2.45. The van der Waals surface area contributed by atoms with E-state index in [1.54, 1.807) is 12.1 Å². The molecule has 144 valence electrons. The zero-order valence-corrected chi connectivity index (χ0v) is 15.1. The van der Waals surface area contributed by atoms with E-state index in [1.807, 2.05) is 18.2 Å². The summed E-state index contributed by atoms with van der Waals surface area (Å²) < 4.78 is 0. The van der Waals surface area contributed by atoms with Crippen LogP contribution in [0.1, 0.15) is 24.8 Å². The second-order valence-corrected chi connectivity index (χ2v) is 6.16. The Morgan fingerprint density at radius 1 is 1.19 bits per heavy atom. The van der Waals surface area contributed by atoms with Crippen LogP contribution >= 0.6 is 0 Å². The number of aliphatic carboxylic acids is 1. The van der Waals surface area contributed by atoms with Gasteiger partial charge in [0.15, 0.2) is 0 Å². The summed E-state index contributed by atoms with van der Waals surface area (Å²) in [6.07, 6.45) is 2.18. The molecule has 0 fully saturated rings. The van der Waals surface area contributed by atoms with Crippen molar-refractivity contribution in [3.63, 3.8) is 0 Å². The van der Waals surface area contributed by atoms with E-state index in [2.05, 4.69) is 5.32 Å². The zero-order valence-electron chi connectivity index (χ0n) is 15.1. The molecule has 6 N–H and O–H groups in total. The lowest BCUT2D eigenvalue weighted by Gasteiger charge is -2.25. The van der Waals surface area contributed by atoms with Crippen molar-refractivity contribution in [2.45, 2.75) is 37.8 Å². The molecule has 8 heteroatoms. The van der Waals surface area contributed by atoms with Gasteiger partial charge in [-0.15, -0.1) is 0 Å². The van der Waals surface area contributed by atoms with Crippen LogP contribution in [0.3, 0.4) is 0 Å². The predicted octanol–water partition coefficient (Wildman–Crippen LogP) is -0.287. The number of hydrogen-bond acceptors (Lipinski definition) is 5. The van der Waals surface area contributed by atoms with Crippen molar-refractivity contribution >= 4 is 17.8 Å². The van der Waals surface area contributed by atoms with Crippen molar-refractivity contribution in [1.29, 1.82) is 0 Å². The lowest BCUT2D eigenvalue weighted by molar-refractivity contribution is -0.148. The maximum absolute atomic E-state index is 12.3. The molecule has 0 heterocycles. The Bertz CT molecular complexity index is 594. The van der Waals surface area contributed by atoms with Gasteiger partial charge in [0.1, 0.15) is 6.04 Å². The van der Waals surface area contributed by atoms with Crippen molar-refractivity contribution < 1.29 is 19.5 Å². The number of carboxylic acid groups (broad SMARTS) is 1. The number of nitrogens with one attached hydrogen (secondary N) is 1. The van der Waals surface area contributed by atoms with Gasteiger partial charge in [-0.2, -0.15) is 0 Å². The van der Waals surface area contributed by atoms with Gasteiger partial charge >= 0.3 is 5.97 Å². The summed E-state index contributed by atoms with van der Waals surface area (Å²) in [6.45, 7) is 0.244. The minimum absolute atomic E-state index is 0.185. The van der Waals surface area contributed by atoms with Gasteiger partial charge in [-0.3, -0.25) is 9.59 Å². The lowest BCUT2D eigenvalue weighted by atomic mass is 10.0. The second-order valence-electron chi connectivity index (χ2n) is 6.16. The second kappa shape index (κ2) is 11.2. The van der Waals surface area contributed by atoms with Crippen molar-refractivity contribution in [1.82, 2.24) is 10.2 Å². The van der Waals surface area contributed by atoms with Gasteiger partial charge < -0.3 is 26.8 Å². The average Bonchev–Trinajstić information content (AvgIpc) is 2.63. The van der Waals surface area contributed by atoms with E-state index in [0.717, 1.165) is 23.3 Å². The fraction of sp³-hybridized carbons (Fsp3) is 0.500. The van der Waals surface area contributed by atoms with Gasteiger partial charge in [0.2, 0.25) is 11.8 Å². The van der Waals surface area contributed by atoms with E-state index in [4.69, 9.17) is 11.5 Å². The number of likely N-dealkylation sites (N-methyl/N-ethyl adjacent to an activating group) is 1. The topological polar surface area (TPSA) is 139 Å². The molecule has 0 saturated heterocycles. The molecular weight excluding hydrogens is 336 g/mol. The molecule has 26 heavy (non-hydrogen) atoms. The smallest absolute Gasteiger partial charge is 0.326 e. The summed E-state index contributed by atoms with van der Waals surface area (Å²) in [5.41, 5.74) is 12.0. The fourth-order valence-corrected chi connectivity index (χ4v) is 2.46. The molecule has 0 saturated carbocycles. The summed E-state index contributed by atoms with van der Waals surface area (Å²) in [4.78, 5) is 36.8. The van der Waals surface area contributed by atoms with Crippen LogP contribution < -0.4 is 16.8 Å². The Morgan fingerprint density at radius 2 is 1.85 bits per heavy atom. The molecule has 0 unspecified atom stereocenters. The first-order valence-electron chi connectivity index (χ1n) is 8.62. The summed E-state index contributed by atoms with van der Waals surface area (Å²) in [5.74, 6) is -2.02. The number of benzene rings is 1. The highest BCUT2D eigenvalue weighted by Gasteiger charge is 2.27. The van der Waals surface area contributed by atoms with Crippen LogP contribution in [0.15, 0.2) is 30.3 Å². The molecule has 8 nitrogen and oxygen atoms in total. The number of nitrogens with zero attached hydrogens (tertiary/aromatic N) is 1. The van der Waals surface area contributed by atoms with Crippen molar-refractivity contribution in [2.24, 2.45) is 11.5 Å². The van der Waals surface area contributed by atoms with Crippen LogP contribution in [0.4, 0.5) is 0 Å². The molecule has 0 bridgehead atoms. The molecule has 0 aliphatic heterocycles. The molecule has 0 spiro atoms. The monoisotopic (exact) mass is 364 g/mol. The van der Waals surface area contributed by atoms with Gasteiger partial charge in [-0.05, 0) is 24.9 Å². The SMILES string of the molecule is CN(C(=O)CNC(=O)[C@H](N)CCCCN)[C@@H](Cc1ccccc1)C(=O)O. The molecule has 2 amide bonds. The fourth-order valence-electron chi connectivity index (χ4n) is 2.46. The van der Waals surface area contributed by atoms with Gasteiger partial charge in [-0.1, -0.05) is 36.8 Å². The van der Waals surface area contributed by atoms with Crippen LogP contribution in [-0.4, -0.2) is 60.0 Å². The van der Waals surface area contributed by atoms with Crippen LogP contribution in [0.5, 0.6) is 0 Å². The summed E-state index contributed by atoms with van der Waals surface area (Å²) in [7, 11) is 1.41. The number of carbonyl (C=O) groups is 3. The standard InChI is InChI=1S/C18H28N4O4/c1-22(15(18(25)26)11-13-7-3-2-4-8-13)16(23)12-21-17(24)14(20)9-5-6-10-19/h2-4,7-8,14-15H,5-6,9-12,19-20H2,1H3,(H,21,24)(H,25,26)/t14-,15+/m1/s1. The molecule has 2 atom stereocenters. The number of hydrogen-bond donors (Lipinski definition) is 4. The van der Waals surface area contributed by atoms with E-state index < -0.39 is 29.9 Å².